The van der Waals surface area contributed by atoms with Crippen molar-refractivity contribution in [2.75, 3.05) is 16.9 Å². The minimum absolute atomic E-state index is 0.0676. The van der Waals surface area contributed by atoms with Crippen LogP contribution in [0.4, 0.5) is 5.69 Å². The molecular weight excluding hydrogens is 284 g/mol. The van der Waals surface area contributed by atoms with Crippen LogP contribution in [-0.2, 0) is 9.59 Å². The number of hydrogen-bond donors (Lipinski definition) is 1. The first-order valence-electron chi connectivity index (χ1n) is 7.41. The van der Waals surface area contributed by atoms with E-state index in [1.807, 2.05) is 31.2 Å². The van der Waals surface area contributed by atoms with Gasteiger partial charge in [-0.1, -0.05) is 24.6 Å². The molecule has 1 atom stereocenters. The van der Waals surface area contributed by atoms with Gasteiger partial charge in [-0.15, -0.1) is 11.8 Å². The Morgan fingerprint density at radius 2 is 2.05 bits per heavy atom. The maximum atomic E-state index is 12.5. The van der Waals surface area contributed by atoms with Gasteiger partial charge in [-0.3, -0.25) is 9.59 Å². The summed E-state index contributed by atoms with van der Waals surface area (Å²) in [5.41, 5.74) is 1.86. The molecule has 1 aliphatic heterocycles. The van der Waals surface area contributed by atoms with Gasteiger partial charge in [0, 0.05) is 17.4 Å². The first-order chi connectivity index (χ1) is 10.2. The van der Waals surface area contributed by atoms with E-state index in [-0.39, 0.29) is 23.8 Å². The molecule has 4 nitrogen and oxygen atoms in total. The molecule has 1 saturated heterocycles. The zero-order chi connectivity index (χ0) is 14.8. The summed E-state index contributed by atoms with van der Waals surface area (Å²) in [6.07, 6.45) is 3.09. The maximum Gasteiger partial charge on any atom is 0.248 e. The van der Waals surface area contributed by atoms with Crippen molar-refractivity contribution in [3.05, 3.63) is 29.8 Å². The number of aryl methyl sites for hydroxylation is 1. The van der Waals surface area contributed by atoms with Gasteiger partial charge in [-0.2, -0.15) is 0 Å². The Morgan fingerprint density at radius 1 is 1.29 bits per heavy atom. The molecule has 1 unspecified atom stereocenters. The summed E-state index contributed by atoms with van der Waals surface area (Å²) < 4.78 is 0. The molecule has 0 radical (unpaired) electrons. The van der Waals surface area contributed by atoms with Gasteiger partial charge in [0.2, 0.25) is 11.8 Å². The fourth-order valence-electron chi connectivity index (χ4n) is 2.70. The van der Waals surface area contributed by atoms with E-state index < -0.39 is 0 Å². The highest BCUT2D eigenvalue weighted by atomic mass is 32.2. The summed E-state index contributed by atoms with van der Waals surface area (Å²) in [6, 6.07) is 7.39. The molecule has 1 aromatic rings. The van der Waals surface area contributed by atoms with E-state index in [0.29, 0.717) is 11.6 Å². The van der Waals surface area contributed by atoms with Crippen LogP contribution >= 0.6 is 11.8 Å². The summed E-state index contributed by atoms with van der Waals surface area (Å²) in [5, 5.41) is 2.97. The highest BCUT2D eigenvalue weighted by Crippen LogP contribution is 2.32. The van der Waals surface area contributed by atoms with E-state index in [9.17, 15) is 9.59 Å². The lowest BCUT2D eigenvalue weighted by molar-refractivity contribution is -0.141. The summed E-state index contributed by atoms with van der Waals surface area (Å²) in [4.78, 5) is 26.7. The van der Waals surface area contributed by atoms with Gasteiger partial charge in [-0.05, 0) is 31.4 Å². The Hall–Kier alpha value is -1.49. The second-order valence-electron chi connectivity index (χ2n) is 5.76. The van der Waals surface area contributed by atoms with Crippen molar-refractivity contribution >= 4 is 29.3 Å². The summed E-state index contributed by atoms with van der Waals surface area (Å²) in [7, 11) is 0. The average molecular weight is 304 g/mol. The number of nitrogens with one attached hydrogen (secondary N) is 1. The van der Waals surface area contributed by atoms with Crippen LogP contribution in [0.2, 0.25) is 0 Å². The Morgan fingerprint density at radius 3 is 2.71 bits per heavy atom. The lowest BCUT2D eigenvalue weighted by atomic mass is 9.84. The van der Waals surface area contributed by atoms with Gasteiger partial charge in [0.05, 0.1) is 5.88 Å². The van der Waals surface area contributed by atoms with Crippen molar-refractivity contribution in [2.24, 2.45) is 5.92 Å². The molecule has 0 aromatic heterocycles. The van der Waals surface area contributed by atoms with E-state index in [0.717, 1.165) is 30.5 Å². The highest BCUT2D eigenvalue weighted by Gasteiger charge is 2.39. The van der Waals surface area contributed by atoms with Crippen molar-refractivity contribution in [2.45, 2.75) is 32.2 Å². The van der Waals surface area contributed by atoms with Gasteiger partial charge >= 0.3 is 0 Å². The summed E-state index contributed by atoms with van der Waals surface area (Å²) >= 11 is 1.66. The van der Waals surface area contributed by atoms with Crippen molar-refractivity contribution < 1.29 is 9.59 Å². The number of hydrogen-bond acceptors (Lipinski definition) is 3. The molecule has 21 heavy (non-hydrogen) atoms. The van der Waals surface area contributed by atoms with Crippen LogP contribution < -0.4 is 5.32 Å². The van der Waals surface area contributed by atoms with Crippen molar-refractivity contribution in [1.82, 2.24) is 4.90 Å². The number of carbonyl (C=O) groups excluding carboxylic acids is 2. The number of benzene rings is 1. The van der Waals surface area contributed by atoms with E-state index in [4.69, 9.17) is 0 Å². The van der Waals surface area contributed by atoms with Crippen molar-refractivity contribution in [3.63, 3.8) is 0 Å². The third-order valence-electron chi connectivity index (χ3n) is 4.33. The number of amides is 2. The zero-order valence-electron chi connectivity index (χ0n) is 12.2. The summed E-state index contributed by atoms with van der Waals surface area (Å²) in [6.45, 7) is 1.97. The molecule has 2 amide bonds. The van der Waals surface area contributed by atoms with Crippen molar-refractivity contribution in [3.8, 4) is 0 Å². The maximum absolute atomic E-state index is 12.5. The number of nitrogens with zero attached hydrogens (tertiary/aromatic N) is 1. The Kier molecular flexibility index (Phi) is 4.19. The Balaban J connectivity index is 1.68. The van der Waals surface area contributed by atoms with Crippen LogP contribution in [0.1, 0.15) is 24.8 Å². The molecule has 0 spiro atoms. The number of rotatable bonds is 3. The average Bonchev–Trinajstić information content (AvgIpc) is 2.88. The number of carbonyl (C=O) groups is 2. The van der Waals surface area contributed by atoms with E-state index >= 15 is 0 Å². The Bertz CT molecular complexity index is 557. The predicted molar refractivity (Wildman–Crippen MR) is 85.1 cm³/mol. The third-order valence-corrected chi connectivity index (χ3v) is 5.34. The highest BCUT2D eigenvalue weighted by molar-refractivity contribution is 7.99. The molecule has 3 rings (SSSR count). The van der Waals surface area contributed by atoms with Gasteiger partial charge in [0.25, 0.3) is 0 Å². The van der Waals surface area contributed by atoms with Gasteiger partial charge < -0.3 is 10.2 Å². The van der Waals surface area contributed by atoms with Gasteiger partial charge in [0.15, 0.2) is 0 Å². The standard InChI is InChI=1S/C16H20N2O2S/c1-11-5-2-3-8-13(11)17-15(19)14-9-21-10-18(14)16(20)12-6-4-7-12/h2-3,5,8,12,14H,4,6-7,9-10H2,1H3,(H,17,19). The monoisotopic (exact) mass is 304 g/mol. The molecule has 112 valence electrons. The quantitative estimate of drug-likeness (QED) is 0.934. The first-order valence-corrected chi connectivity index (χ1v) is 8.57. The third kappa shape index (κ3) is 2.93. The lowest BCUT2D eigenvalue weighted by Crippen LogP contribution is -2.47. The second kappa shape index (κ2) is 6.10. The van der Waals surface area contributed by atoms with Crippen LogP contribution in [0, 0.1) is 12.8 Å². The second-order valence-corrected chi connectivity index (χ2v) is 6.76. The lowest BCUT2D eigenvalue weighted by Gasteiger charge is -2.31. The number of anilines is 1. The molecule has 5 heteroatoms. The molecule has 1 aromatic carbocycles. The van der Waals surface area contributed by atoms with Crippen LogP contribution in [0.25, 0.3) is 0 Å². The van der Waals surface area contributed by atoms with Crippen LogP contribution in [0.15, 0.2) is 24.3 Å². The minimum Gasteiger partial charge on any atom is -0.324 e. The SMILES string of the molecule is Cc1ccccc1NC(=O)C1CSCN1C(=O)C1CCC1. The normalized spacial score (nSPS) is 22.0. The fraction of sp³-hybridized carbons (Fsp3) is 0.500. The van der Waals surface area contributed by atoms with E-state index in [1.54, 1.807) is 16.7 Å². The number of thioether (sulfide) groups is 1. The zero-order valence-corrected chi connectivity index (χ0v) is 13.0. The topological polar surface area (TPSA) is 49.4 Å². The number of para-hydroxylation sites is 1. The van der Waals surface area contributed by atoms with E-state index in [2.05, 4.69) is 5.32 Å². The summed E-state index contributed by atoms with van der Waals surface area (Å²) in [5.74, 6) is 1.58. The molecule has 1 aliphatic carbocycles. The smallest absolute Gasteiger partial charge is 0.248 e. The predicted octanol–water partition coefficient (Wildman–Crippen LogP) is 2.64. The van der Waals surface area contributed by atoms with Gasteiger partial charge in [-0.25, -0.2) is 0 Å². The van der Waals surface area contributed by atoms with Crippen LogP contribution in [0.5, 0.6) is 0 Å². The van der Waals surface area contributed by atoms with E-state index in [1.165, 1.54) is 0 Å². The van der Waals surface area contributed by atoms with Crippen LogP contribution in [-0.4, -0.2) is 34.4 Å². The Labute approximate surface area is 129 Å². The molecule has 1 heterocycles. The first kappa shape index (κ1) is 14.4. The molecular formula is C16H20N2O2S. The molecule has 0 bridgehead atoms. The van der Waals surface area contributed by atoms with Gasteiger partial charge in [0.1, 0.15) is 6.04 Å². The molecule has 2 fully saturated rings. The minimum atomic E-state index is -0.331. The molecule has 1 N–H and O–H groups in total. The molecule has 2 aliphatic rings. The largest absolute Gasteiger partial charge is 0.324 e. The fourth-order valence-corrected chi connectivity index (χ4v) is 3.86. The molecule has 1 saturated carbocycles. The van der Waals surface area contributed by atoms with Crippen LogP contribution in [0.3, 0.4) is 0 Å². The van der Waals surface area contributed by atoms with Crippen molar-refractivity contribution in [1.29, 1.82) is 0 Å².